The number of sulfonamides is 1. The Morgan fingerprint density at radius 1 is 1.45 bits per heavy atom. The molecule has 0 radical (unpaired) electrons. The Balaban J connectivity index is 1.77. The monoisotopic (exact) mass is 300 g/mol. The lowest BCUT2D eigenvalue weighted by Gasteiger charge is -2.33. The summed E-state index contributed by atoms with van der Waals surface area (Å²) < 4.78 is 26.7. The van der Waals surface area contributed by atoms with Crippen LogP contribution in [0.5, 0.6) is 0 Å². The molecule has 1 unspecified atom stereocenters. The maximum Gasteiger partial charge on any atom is 0.211 e. The van der Waals surface area contributed by atoms with Crippen molar-refractivity contribution in [2.24, 2.45) is 5.92 Å². The summed E-state index contributed by atoms with van der Waals surface area (Å²) in [5, 5.41) is 4.18. The molecule has 6 nitrogen and oxygen atoms in total. The summed E-state index contributed by atoms with van der Waals surface area (Å²) >= 11 is 0. The fourth-order valence-electron chi connectivity index (χ4n) is 2.72. The number of rotatable bonds is 6. The Hall–Kier alpha value is -0.920. The molecule has 1 fully saturated rings. The van der Waals surface area contributed by atoms with E-state index < -0.39 is 10.0 Å². The van der Waals surface area contributed by atoms with Crippen LogP contribution in [0.15, 0.2) is 18.5 Å². The molecule has 1 saturated heterocycles. The first-order valence-corrected chi connectivity index (χ1v) is 8.91. The van der Waals surface area contributed by atoms with Gasteiger partial charge in [-0.1, -0.05) is 0 Å². The van der Waals surface area contributed by atoms with Crippen LogP contribution in [0, 0.1) is 5.92 Å². The maximum absolute atomic E-state index is 11.6. The van der Waals surface area contributed by atoms with E-state index in [2.05, 4.69) is 17.0 Å². The zero-order valence-electron chi connectivity index (χ0n) is 12.3. The number of piperidine rings is 1. The van der Waals surface area contributed by atoms with E-state index in [1.807, 2.05) is 16.9 Å². The SMILES string of the molecule is CN(CCn1cccn1)CC1CCCN(S(C)(=O)=O)C1. The van der Waals surface area contributed by atoms with Crippen molar-refractivity contribution >= 4 is 10.0 Å². The van der Waals surface area contributed by atoms with Crippen LogP contribution in [0.1, 0.15) is 12.8 Å². The molecule has 0 N–H and O–H groups in total. The second kappa shape index (κ2) is 6.69. The molecule has 1 aliphatic heterocycles. The van der Waals surface area contributed by atoms with Crippen molar-refractivity contribution in [2.45, 2.75) is 19.4 Å². The van der Waals surface area contributed by atoms with E-state index in [1.165, 1.54) is 6.26 Å². The number of nitrogens with zero attached hydrogens (tertiary/aromatic N) is 4. The Labute approximate surface area is 121 Å². The number of hydrogen-bond acceptors (Lipinski definition) is 4. The zero-order valence-corrected chi connectivity index (χ0v) is 13.1. The minimum Gasteiger partial charge on any atom is -0.304 e. The lowest BCUT2D eigenvalue weighted by atomic mass is 9.99. The van der Waals surface area contributed by atoms with Gasteiger partial charge in [0.15, 0.2) is 0 Å². The molecule has 1 aliphatic rings. The second-order valence-electron chi connectivity index (χ2n) is 5.66. The summed E-state index contributed by atoms with van der Waals surface area (Å²) in [6, 6.07) is 1.92. The number of likely N-dealkylation sites (N-methyl/N-ethyl adjacent to an activating group) is 1. The second-order valence-corrected chi connectivity index (χ2v) is 7.64. The molecule has 1 atom stereocenters. The van der Waals surface area contributed by atoms with Gasteiger partial charge in [-0.2, -0.15) is 5.10 Å². The first kappa shape index (κ1) is 15.5. The van der Waals surface area contributed by atoms with Crippen LogP contribution >= 0.6 is 0 Å². The van der Waals surface area contributed by atoms with Gasteiger partial charge in [-0.25, -0.2) is 12.7 Å². The normalized spacial score (nSPS) is 21.4. The first-order valence-electron chi connectivity index (χ1n) is 7.06. The fraction of sp³-hybridized carbons (Fsp3) is 0.769. The van der Waals surface area contributed by atoms with Crippen LogP contribution in [0.3, 0.4) is 0 Å². The fourth-order valence-corrected chi connectivity index (χ4v) is 3.66. The number of hydrogen-bond donors (Lipinski definition) is 0. The first-order chi connectivity index (χ1) is 9.45. The van der Waals surface area contributed by atoms with Gasteiger partial charge >= 0.3 is 0 Å². The Kier molecular flexibility index (Phi) is 5.17. The van der Waals surface area contributed by atoms with Gasteiger partial charge in [-0.3, -0.25) is 4.68 Å². The van der Waals surface area contributed by atoms with E-state index in [4.69, 9.17) is 0 Å². The molecule has 0 aliphatic carbocycles. The molecule has 0 saturated carbocycles. The predicted molar refractivity (Wildman–Crippen MR) is 78.9 cm³/mol. The molecule has 7 heteroatoms. The highest BCUT2D eigenvalue weighted by atomic mass is 32.2. The molecule has 0 spiro atoms. The molecule has 0 bridgehead atoms. The largest absolute Gasteiger partial charge is 0.304 e. The van der Waals surface area contributed by atoms with Crippen LogP contribution in [0.2, 0.25) is 0 Å². The molecular weight excluding hydrogens is 276 g/mol. The summed E-state index contributed by atoms with van der Waals surface area (Å²) in [6.45, 7) is 4.06. The maximum atomic E-state index is 11.6. The van der Waals surface area contributed by atoms with E-state index in [1.54, 1.807) is 10.5 Å². The van der Waals surface area contributed by atoms with Crippen LogP contribution in [-0.2, 0) is 16.6 Å². The molecule has 2 heterocycles. The van der Waals surface area contributed by atoms with Gasteiger partial charge in [0.2, 0.25) is 10.0 Å². The van der Waals surface area contributed by atoms with Crippen molar-refractivity contribution in [3.05, 3.63) is 18.5 Å². The molecule has 2 rings (SSSR count). The topological polar surface area (TPSA) is 58.4 Å². The molecule has 114 valence electrons. The lowest BCUT2D eigenvalue weighted by molar-refractivity contribution is 0.196. The molecule has 0 amide bonds. The summed E-state index contributed by atoms with van der Waals surface area (Å²) in [4.78, 5) is 2.26. The van der Waals surface area contributed by atoms with Crippen LogP contribution < -0.4 is 0 Å². The third-order valence-electron chi connectivity index (χ3n) is 3.79. The van der Waals surface area contributed by atoms with Gasteiger partial charge in [0.25, 0.3) is 0 Å². The summed E-state index contributed by atoms with van der Waals surface area (Å²) in [7, 11) is -0.955. The lowest BCUT2D eigenvalue weighted by Crippen LogP contribution is -2.43. The highest BCUT2D eigenvalue weighted by Gasteiger charge is 2.26. The van der Waals surface area contributed by atoms with Crippen LogP contribution in [-0.4, -0.2) is 66.9 Å². The summed E-state index contributed by atoms with van der Waals surface area (Å²) in [5.74, 6) is 0.432. The third-order valence-corrected chi connectivity index (χ3v) is 5.06. The zero-order chi connectivity index (χ0) is 14.6. The average Bonchev–Trinajstić information content (AvgIpc) is 2.89. The van der Waals surface area contributed by atoms with E-state index in [0.717, 1.165) is 32.5 Å². The molecular formula is C13H24N4O2S. The minimum atomic E-state index is -3.04. The Morgan fingerprint density at radius 3 is 2.90 bits per heavy atom. The molecule has 20 heavy (non-hydrogen) atoms. The summed E-state index contributed by atoms with van der Waals surface area (Å²) in [6.07, 6.45) is 7.12. The van der Waals surface area contributed by atoms with E-state index in [0.29, 0.717) is 19.0 Å². The van der Waals surface area contributed by atoms with Crippen molar-refractivity contribution in [1.82, 2.24) is 19.0 Å². The standard InChI is InChI=1S/C13H24N4O2S/c1-15(9-10-16-7-4-6-14-16)11-13-5-3-8-17(12-13)20(2,18)19/h4,6-7,13H,3,5,8-12H2,1-2H3. The van der Waals surface area contributed by atoms with Gasteiger partial charge in [0.1, 0.15) is 0 Å². The molecule has 1 aromatic rings. The molecule has 0 aromatic carbocycles. The Morgan fingerprint density at radius 2 is 2.25 bits per heavy atom. The molecule has 1 aromatic heterocycles. The van der Waals surface area contributed by atoms with Crippen molar-refractivity contribution < 1.29 is 8.42 Å². The predicted octanol–water partition coefficient (Wildman–Crippen LogP) is 0.487. The highest BCUT2D eigenvalue weighted by Crippen LogP contribution is 2.19. The van der Waals surface area contributed by atoms with Gasteiger partial charge < -0.3 is 4.90 Å². The van der Waals surface area contributed by atoms with E-state index >= 15 is 0 Å². The minimum absolute atomic E-state index is 0.432. The Bertz CT molecular complexity index is 500. The smallest absolute Gasteiger partial charge is 0.211 e. The van der Waals surface area contributed by atoms with Crippen molar-refractivity contribution in [2.75, 3.05) is 39.5 Å². The van der Waals surface area contributed by atoms with Crippen LogP contribution in [0.4, 0.5) is 0 Å². The van der Waals surface area contributed by atoms with Crippen molar-refractivity contribution in [1.29, 1.82) is 0 Å². The van der Waals surface area contributed by atoms with Gasteiger partial charge in [0, 0.05) is 38.6 Å². The van der Waals surface area contributed by atoms with Crippen molar-refractivity contribution in [3.63, 3.8) is 0 Å². The van der Waals surface area contributed by atoms with Gasteiger partial charge in [0.05, 0.1) is 12.8 Å². The van der Waals surface area contributed by atoms with Crippen molar-refractivity contribution in [3.8, 4) is 0 Å². The highest BCUT2D eigenvalue weighted by molar-refractivity contribution is 7.88. The van der Waals surface area contributed by atoms with Gasteiger partial charge in [-0.05, 0) is 31.9 Å². The number of aromatic nitrogens is 2. The van der Waals surface area contributed by atoms with Gasteiger partial charge in [-0.15, -0.1) is 0 Å². The third kappa shape index (κ3) is 4.57. The van der Waals surface area contributed by atoms with E-state index in [9.17, 15) is 8.42 Å². The quantitative estimate of drug-likeness (QED) is 0.767. The van der Waals surface area contributed by atoms with Crippen LogP contribution in [0.25, 0.3) is 0 Å². The van der Waals surface area contributed by atoms with E-state index in [-0.39, 0.29) is 0 Å². The average molecular weight is 300 g/mol. The summed E-state index contributed by atoms with van der Waals surface area (Å²) in [5.41, 5.74) is 0.